The van der Waals surface area contributed by atoms with Crippen LogP contribution in [0.5, 0.6) is 0 Å². The first-order valence-electron chi connectivity index (χ1n) is 3.81. The largest absolute Gasteiger partial charge is 0.302 e. The predicted octanol–water partition coefficient (Wildman–Crippen LogP) is -0.629. The van der Waals surface area contributed by atoms with Gasteiger partial charge in [0, 0.05) is 6.54 Å². The van der Waals surface area contributed by atoms with Gasteiger partial charge >= 0.3 is 0 Å². The van der Waals surface area contributed by atoms with Crippen molar-refractivity contribution in [3.05, 3.63) is 0 Å². The molecule has 0 aromatic rings. The van der Waals surface area contributed by atoms with E-state index in [9.17, 15) is 8.42 Å². The summed E-state index contributed by atoms with van der Waals surface area (Å²) in [6, 6.07) is 0. The minimum absolute atomic E-state index is 0.0903. The molecule has 11 heavy (non-hydrogen) atoms. The van der Waals surface area contributed by atoms with E-state index in [-0.39, 0.29) is 5.75 Å². The fourth-order valence-corrected chi connectivity index (χ4v) is 1.78. The molecular weight excluding hydrogens is 164 g/mol. The molecule has 1 saturated heterocycles. The summed E-state index contributed by atoms with van der Waals surface area (Å²) in [5, 5.41) is 4.86. The molecule has 0 aliphatic carbocycles. The number of hydrogen-bond donors (Lipinski definition) is 1. The van der Waals surface area contributed by atoms with Crippen molar-refractivity contribution in [1.29, 1.82) is 0 Å². The summed E-state index contributed by atoms with van der Waals surface area (Å²) in [6.45, 7) is 2.64. The van der Waals surface area contributed by atoms with Crippen LogP contribution in [0, 0.1) is 0 Å². The van der Waals surface area contributed by atoms with Crippen LogP contribution in [0.1, 0.15) is 12.8 Å². The molecule has 66 valence electrons. The van der Waals surface area contributed by atoms with Crippen LogP contribution in [0.15, 0.2) is 0 Å². The average molecular weight is 178 g/mol. The quantitative estimate of drug-likeness (QED) is 0.626. The summed E-state index contributed by atoms with van der Waals surface area (Å²) >= 11 is 0. The van der Waals surface area contributed by atoms with E-state index >= 15 is 0 Å². The number of hydrogen-bond acceptors (Lipinski definition) is 3. The Morgan fingerprint density at radius 1 is 1.27 bits per heavy atom. The smallest absolute Gasteiger partial charge is 0.210 e. The van der Waals surface area contributed by atoms with Crippen molar-refractivity contribution in [1.82, 2.24) is 4.90 Å². The van der Waals surface area contributed by atoms with Gasteiger partial charge in [-0.15, -0.1) is 0 Å². The van der Waals surface area contributed by atoms with Crippen LogP contribution in [0.3, 0.4) is 0 Å². The maximum absolute atomic E-state index is 10.5. The number of nitrogens with zero attached hydrogens (tertiary/aromatic N) is 1. The van der Waals surface area contributed by atoms with Crippen LogP contribution in [0.4, 0.5) is 0 Å². The van der Waals surface area contributed by atoms with Crippen LogP contribution in [0.2, 0.25) is 0 Å². The van der Waals surface area contributed by atoms with Crippen molar-refractivity contribution in [3.8, 4) is 0 Å². The molecular formula is C6H14N2O2S. The second-order valence-corrected chi connectivity index (χ2v) is 4.65. The standard InChI is InChI=1S/C6H14N2O2S/c7-11(9,10)6-5-8-3-1-2-4-8/h1-6H2,(H2,7,9,10). The first-order valence-corrected chi connectivity index (χ1v) is 5.52. The van der Waals surface area contributed by atoms with Gasteiger partial charge in [-0.1, -0.05) is 0 Å². The van der Waals surface area contributed by atoms with Gasteiger partial charge in [0.2, 0.25) is 10.0 Å². The third kappa shape index (κ3) is 3.69. The van der Waals surface area contributed by atoms with Crippen LogP contribution < -0.4 is 5.14 Å². The van der Waals surface area contributed by atoms with Gasteiger partial charge in [0.25, 0.3) is 0 Å². The highest BCUT2D eigenvalue weighted by molar-refractivity contribution is 7.89. The third-order valence-corrected chi connectivity index (χ3v) is 2.64. The molecule has 4 nitrogen and oxygen atoms in total. The topological polar surface area (TPSA) is 63.4 Å². The second-order valence-electron chi connectivity index (χ2n) is 2.92. The molecule has 1 rings (SSSR count). The summed E-state index contributed by atoms with van der Waals surface area (Å²) in [6.07, 6.45) is 2.37. The molecule has 1 heterocycles. The highest BCUT2D eigenvalue weighted by atomic mass is 32.2. The molecule has 1 fully saturated rings. The van der Waals surface area contributed by atoms with Gasteiger partial charge in [-0.05, 0) is 25.9 Å². The van der Waals surface area contributed by atoms with Crippen LogP contribution >= 0.6 is 0 Å². The summed E-state index contributed by atoms with van der Waals surface area (Å²) in [4.78, 5) is 2.13. The van der Waals surface area contributed by atoms with E-state index in [0.717, 1.165) is 13.1 Å². The van der Waals surface area contributed by atoms with Crippen molar-refractivity contribution >= 4 is 10.0 Å². The zero-order valence-electron chi connectivity index (χ0n) is 6.49. The van der Waals surface area contributed by atoms with Crippen molar-refractivity contribution in [2.45, 2.75) is 12.8 Å². The van der Waals surface area contributed by atoms with Crippen molar-refractivity contribution in [2.24, 2.45) is 5.14 Å². The predicted molar refractivity (Wildman–Crippen MR) is 43.6 cm³/mol. The Balaban J connectivity index is 2.22. The monoisotopic (exact) mass is 178 g/mol. The highest BCUT2D eigenvalue weighted by Gasteiger charge is 2.13. The lowest BCUT2D eigenvalue weighted by atomic mass is 10.4. The molecule has 0 aromatic heterocycles. The lowest BCUT2D eigenvalue weighted by Gasteiger charge is -2.12. The van der Waals surface area contributed by atoms with Gasteiger partial charge < -0.3 is 4.90 Å². The Morgan fingerprint density at radius 2 is 1.82 bits per heavy atom. The van der Waals surface area contributed by atoms with E-state index in [2.05, 4.69) is 4.90 Å². The summed E-state index contributed by atoms with van der Waals surface area (Å²) in [5.74, 6) is 0.0903. The van der Waals surface area contributed by atoms with Gasteiger partial charge in [-0.2, -0.15) is 0 Å². The first-order chi connectivity index (χ1) is 5.08. The van der Waals surface area contributed by atoms with Crippen LogP contribution in [-0.4, -0.2) is 38.7 Å². The van der Waals surface area contributed by atoms with E-state index in [1.165, 1.54) is 12.8 Å². The molecule has 2 N–H and O–H groups in total. The Hall–Kier alpha value is -0.130. The molecule has 1 aliphatic heterocycles. The molecule has 0 aromatic carbocycles. The lowest BCUT2D eigenvalue weighted by Crippen LogP contribution is -2.29. The minimum Gasteiger partial charge on any atom is -0.302 e. The molecule has 5 heteroatoms. The molecule has 0 spiro atoms. The Labute approximate surface area is 67.4 Å². The van der Waals surface area contributed by atoms with Crippen molar-refractivity contribution < 1.29 is 8.42 Å². The number of rotatable bonds is 3. The Morgan fingerprint density at radius 3 is 2.27 bits per heavy atom. The fourth-order valence-electron chi connectivity index (χ4n) is 1.26. The van der Waals surface area contributed by atoms with Gasteiger partial charge in [-0.25, -0.2) is 13.6 Å². The van der Waals surface area contributed by atoms with Crippen molar-refractivity contribution in [2.75, 3.05) is 25.4 Å². The maximum Gasteiger partial charge on any atom is 0.210 e. The first kappa shape index (κ1) is 8.96. The van der Waals surface area contributed by atoms with Gasteiger partial charge in [0.1, 0.15) is 0 Å². The van der Waals surface area contributed by atoms with E-state index < -0.39 is 10.0 Å². The zero-order valence-corrected chi connectivity index (χ0v) is 7.31. The minimum atomic E-state index is -3.25. The van der Waals surface area contributed by atoms with E-state index in [1.54, 1.807) is 0 Å². The zero-order chi connectivity index (χ0) is 8.32. The van der Waals surface area contributed by atoms with Gasteiger partial charge in [-0.3, -0.25) is 0 Å². The maximum atomic E-state index is 10.5. The highest BCUT2D eigenvalue weighted by Crippen LogP contribution is 2.06. The van der Waals surface area contributed by atoms with Crippen LogP contribution in [0.25, 0.3) is 0 Å². The fraction of sp³-hybridized carbons (Fsp3) is 1.00. The molecule has 1 aliphatic rings. The van der Waals surface area contributed by atoms with Gasteiger partial charge in [0.05, 0.1) is 5.75 Å². The normalized spacial score (nSPS) is 20.8. The molecule has 0 radical (unpaired) electrons. The second kappa shape index (κ2) is 3.51. The number of likely N-dealkylation sites (tertiary alicyclic amines) is 1. The Kier molecular flexibility index (Phi) is 2.86. The number of nitrogens with two attached hydrogens (primary N) is 1. The molecule has 0 saturated carbocycles. The van der Waals surface area contributed by atoms with Crippen molar-refractivity contribution in [3.63, 3.8) is 0 Å². The van der Waals surface area contributed by atoms with E-state index in [0.29, 0.717) is 6.54 Å². The van der Waals surface area contributed by atoms with Crippen LogP contribution in [-0.2, 0) is 10.0 Å². The van der Waals surface area contributed by atoms with E-state index in [4.69, 9.17) is 5.14 Å². The molecule has 0 unspecified atom stereocenters. The summed E-state index contributed by atoms with van der Waals surface area (Å²) in [5.41, 5.74) is 0. The summed E-state index contributed by atoms with van der Waals surface area (Å²) < 4.78 is 21.1. The molecule has 0 atom stereocenters. The average Bonchev–Trinajstić information content (AvgIpc) is 2.32. The van der Waals surface area contributed by atoms with Gasteiger partial charge in [0.15, 0.2) is 0 Å². The van der Waals surface area contributed by atoms with E-state index in [1.807, 2.05) is 0 Å². The summed E-state index contributed by atoms with van der Waals surface area (Å²) in [7, 11) is -3.25. The number of primary sulfonamides is 1. The molecule has 0 amide bonds. The molecule has 0 bridgehead atoms. The number of sulfonamides is 1. The lowest BCUT2D eigenvalue weighted by molar-refractivity contribution is 0.359. The SMILES string of the molecule is NS(=O)(=O)CCN1CCCC1. The Bertz CT molecular complexity index is 207. The third-order valence-electron chi connectivity index (χ3n) is 1.89.